The highest BCUT2D eigenvalue weighted by molar-refractivity contribution is 7.16. The molecule has 0 aliphatic carbocycles. The first-order chi connectivity index (χ1) is 5.90. The molecule has 0 atom stereocenters. The molecule has 0 N–H and O–H groups in total. The zero-order valence-corrected chi connectivity index (χ0v) is 6.76. The topological polar surface area (TPSA) is 42.3 Å². The predicted molar refractivity (Wildman–Crippen MR) is 46.2 cm³/mol. The van der Waals surface area contributed by atoms with Gasteiger partial charge in [-0.2, -0.15) is 4.99 Å². The second-order valence-corrected chi connectivity index (χ2v) is 2.99. The number of nitrogens with zero attached hydrogens (tertiary/aromatic N) is 2. The van der Waals surface area contributed by atoms with Crippen LogP contribution in [0.3, 0.4) is 0 Å². The summed E-state index contributed by atoms with van der Waals surface area (Å²) >= 11 is 1.44. The van der Waals surface area contributed by atoms with Crippen LogP contribution in [0.25, 0.3) is 10.2 Å². The number of thiazole rings is 1. The van der Waals surface area contributed by atoms with Gasteiger partial charge in [-0.3, -0.25) is 0 Å². The van der Waals surface area contributed by atoms with Crippen LogP contribution in [-0.4, -0.2) is 11.1 Å². The molecule has 2 aromatic rings. The lowest BCUT2D eigenvalue weighted by molar-refractivity contribution is 0.565. The number of carbonyl (C=O) groups excluding carboxylic acids is 1. The third-order valence-electron chi connectivity index (χ3n) is 1.44. The molecule has 1 aromatic heterocycles. The van der Waals surface area contributed by atoms with Crippen LogP contribution < -0.4 is 0 Å². The van der Waals surface area contributed by atoms with Crippen LogP contribution in [0.1, 0.15) is 0 Å². The molecular formula is C8H3N2OS. The molecule has 0 saturated carbocycles. The van der Waals surface area contributed by atoms with Gasteiger partial charge in [0, 0.05) is 0 Å². The van der Waals surface area contributed by atoms with E-state index in [1.165, 1.54) is 17.4 Å². The predicted octanol–water partition coefficient (Wildman–Crippen LogP) is 2.06. The van der Waals surface area contributed by atoms with Crippen molar-refractivity contribution in [2.45, 2.75) is 0 Å². The monoisotopic (exact) mass is 175 g/mol. The van der Waals surface area contributed by atoms with E-state index in [1.54, 1.807) is 12.1 Å². The molecule has 1 aromatic carbocycles. The minimum Gasteiger partial charge on any atom is -0.233 e. The molecular weight excluding hydrogens is 172 g/mol. The largest absolute Gasteiger partial charge is 0.240 e. The molecule has 0 amide bonds. The Bertz CT molecular complexity index is 457. The van der Waals surface area contributed by atoms with Crippen molar-refractivity contribution >= 4 is 33.3 Å². The zero-order valence-electron chi connectivity index (χ0n) is 5.94. The van der Waals surface area contributed by atoms with Gasteiger partial charge in [0.1, 0.15) is 0 Å². The summed E-state index contributed by atoms with van der Waals surface area (Å²) in [6, 6.07) is 5.34. The SMILES string of the molecule is O=C=Nc1ccc2s[c]nc2c1. The third kappa shape index (κ3) is 1.13. The Kier molecular flexibility index (Phi) is 1.70. The summed E-state index contributed by atoms with van der Waals surface area (Å²) in [5.41, 5.74) is 4.16. The molecule has 12 heavy (non-hydrogen) atoms. The number of aliphatic imine (C=N–C) groups is 1. The standard InChI is InChI=1S/C8H3N2OS/c11-4-9-6-1-2-8-7(3-6)10-5-12-8/h1-3H. The van der Waals surface area contributed by atoms with Gasteiger partial charge in [-0.15, -0.1) is 11.3 Å². The molecule has 0 unspecified atom stereocenters. The highest BCUT2D eigenvalue weighted by atomic mass is 32.1. The number of benzene rings is 1. The minimum atomic E-state index is 0.580. The Labute approximate surface area is 72.4 Å². The van der Waals surface area contributed by atoms with Gasteiger partial charge in [-0.05, 0) is 18.2 Å². The number of isocyanates is 1. The molecule has 0 aliphatic rings. The number of fused-ring (bicyclic) bond motifs is 1. The highest BCUT2D eigenvalue weighted by Gasteiger charge is 1.96. The summed E-state index contributed by atoms with van der Waals surface area (Å²) < 4.78 is 1.04. The van der Waals surface area contributed by atoms with Crippen LogP contribution in [0.5, 0.6) is 0 Å². The maximum Gasteiger partial charge on any atom is 0.240 e. The molecule has 4 heteroatoms. The molecule has 0 aliphatic heterocycles. The first-order valence-electron chi connectivity index (χ1n) is 3.24. The van der Waals surface area contributed by atoms with Gasteiger partial charge in [0.15, 0.2) is 5.51 Å². The smallest absolute Gasteiger partial charge is 0.233 e. The highest BCUT2D eigenvalue weighted by Crippen LogP contribution is 2.22. The third-order valence-corrected chi connectivity index (χ3v) is 2.19. The van der Waals surface area contributed by atoms with Crippen LogP contribution >= 0.6 is 11.3 Å². The van der Waals surface area contributed by atoms with Crippen molar-refractivity contribution in [3.05, 3.63) is 23.7 Å². The van der Waals surface area contributed by atoms with E-state index in [9.17, 15) is 4.79 Å². The van der Waals surface area contributed by atoms with Gasteiger partial charge in [0.05, 0.1) is 15.9 Å². The molecule has 3 nitrogen and oxygen atoms in total. The Hall–Kier alpha value is -1.51. The summed E-state index contributed by atoms with van der Waals surface area (Å²) in [6.45, 7) is 0. The summed E-state index contributed by atoms with van der Waals surface area (Å²) in [7, 11) is 0. The van der Waals surface area contributed by atoms with E-state index in [1.807, 2.05) is 6.07 Å². The van der Waals surface area contributed by atoms with Crippen molar-refractivity contribution in [2.24, 2.45) is 4.99 Å². The molecule has 1 radical (unpaired) electrons. The van der Waals surface area contributed by atoms with Crippen molar-refractivity contribution in [1.29, 1.82) is 0 Å². The number of rotatable bonds is 1. The van der Waals surface area contributed by atoms with E-state index >= 15 is 0 Å². The summed E-state index contributed by atoms with van der Waals surface area (Å²) in [5.74, 6) is 0. The molecule has 57 valence electrons. The van der Waals surface area contributed by atoms with Crippen molar-refractivity contribution in [3.8, 4) is 0 Å². The van der Waals surface area contributed by atoms with Crippen molar-refractivity contribution in [1.82, 2.24) is 4.98 Å². The minimum absolute atomic E-state index is 0.580. The lowest BCUT2D eigenvalue weighted by Gasteiger charge is -1.88. The lowest BCUT2D eigenvalue weighted by atomic mass is 10.3. The molecule has 0 spiro atoms. The van der Waals surface area contributed by atoms with Gasteiger partial charge < -0.3 is 0 Å². The molecule has 1 heterocycles. The van der Waals surface area contributed by atoms with Crippen molar-refractivity contribution < 1.29 is 4.79 Å². The van der Waals surface area contributed by atoms with Gasteiger partial charge in [0.25, 0.3) is 0 Å². The van der Waals surface area contributed by atoms with Gasteiger partial charge in [-0.1, -0.05) is 0 Å². The van der Waals surface area contributed by atoms with E-state index in [0.29, 0.717) is 5.69 Å². The van der Waals surface area contributed by atoms with Crippen LogP contribution in [0, 0.1) is 5.51 Å². The Morgan fingerprint density at radius 3 is 3.33 bits per heavy atom. The molecule has 0 bridgehead atoms. The number of hydrogen-bond donors (Lipinski definition) is 0. The zero-order chi connectivity index (χ0) is 8.39. The summed E-state index contributed by atoms with van der Waals surface area (Å²) in [4.78, 5) is 17.4. The van der Waals surface area contributed by atoms with E-state index in [4.69, 9.17) is 0 Å². The van der Waals surface area contributed by atoms with E-state index < -0.39 is 0 Å². The average molecular weight is 175 g/mol. The number of hydrogen-bond acceptors (Lipinski definition) is 4. The Balaban J connectivity index is 2.67. The fourth-order valence-electron chi connectivity index (χ4n) is 0.923. The van der Waals surface area contributed by atoms with Crippen LogP contribution in [0.2, 0.25) is 0 Å². The fraction of sp³-hybridized carbons (Fsp3) is 0. The van der Waals surface area contributed by atoms with Crippen LogP contribution in [0.4, 0.5) is 5.69 Å². The maximum atomic E-state index is 9.93. The van der Waals surface area contributed by atoms with E-state index in [0.717, 1.165) is 10.2 Å². The van der Waals surface area contributed by atoms with Crippen LogP contribution in [0.15, 0.2) is 23.2 Å². The van der Waals surface area contributed by atoms with Gasteiger partial charge in [-0.25, -0.2) is 9.78 Å². The van der Waals surface area contributed by atoms with E-state index in [2.05, 4.69) is 15.5 Å². The molecule has 0 fully saturated rings. The van der Waals surface area contributed by atoms with Crippen molar-refractivity contribution in [2.75, 3.05) is 0 Å². The van der Waals surface area contributed by atoms with Gasteiger partial charge >= 0.3 is 0 Å². The maximum absolute atomic E-state index is 9.93. The van der Waals surface area contributed by atoms with Gasteiger partial charge in [0.2, 0.25) is 6.08 Å². The second-order valence-electron chi connectivity index (χ2n) is 2.16. The first kappa shape index (κ1) is 7.16. The van der Waals surface area contributed by atoms with Crippen LogP contribution in [-0.2, 0) is 4.79 Å². The second kappa shape index (κ2) is 2.85. The van der Waals surface area contributed by atoms with E-state index in [-0.39, 0.29) is 0 Å². The quantitative estimate of drug-likeness (QED) is 0.491. The summed E-state index contributed by atoms with van der Waals surface area (Å²) in [5, 5.41) is 0. The molecule has 2 rings (SSSR count). The lowest BCUT2D eigenvalue weighted by Crippen LogP contribution is -1.66. The summed E-state index contributed by atoms with van der Waals surface area (Å²) in [6.07, 6.45) is 1.48. The Morgan fingerprint density at radius 1 is 1.58 bits per heavy atom. The van der Waals surface area contributed by atoms with Crippen molar-refractivity contribution in [3.63, 3.8) is 0 Å². The Morgan fingerprint density at radius 2 is 2.50 bits per heavy atom. The number of aromatic nitrogens is 1. The molecule has 0 saturated heterocycles. The average Bonchev–Trinajstić information content (AvgIpc) is 2.51. The fourth-order valence-corrected chi connectivity index (χ4v) is 1.51. The first-order valence-corrected chi connectivity index (χ1v) is 4.06. The normalized spacial score (nSPS) is 9.67.